The highest BCUT2D eigenvalue weighted by molar-refractivity contribution is 5.70. The zero-order valence-corrected chi connectivity index (χ0v) is 19.5. The minimum atomic E-state index is -0.755. The van der Waals surface area contributed by atoms with E-state index >= 15 is 0 Å². The normalized spacial score (nSPS) is 17.1. The molecule has 0 aliphatic carbocycles. The minimum Gasteiger partial charge on any atom is -0.493 e. The number of methoxy groups -OCH3 is 2. The Morgan fingerprint density at radius 3 is 2.44 bits per heavy atom. The lowest BCUT2D eigenvalue weighted by Gasteiger charge is -2.37. The number of carboxylic acid groups (broad SMARTS) is 1. The summed E-state index contributed by atoms with van der Waals surface area (Å²) in [5, 5.41) is 9.64. The van der Waals surface area contributed by atoms with Crippen molar-refractivity contribution in [3.8, 4) is 17.2 Å². The third-order valence-electron chi connectivity index (χ3n) is 6.19. The molecule has 1 saturated heterocycles. The van der Waals surface area contributed by atoms with Gasteiger partial charge in [-0.2, -0.15) is 0 Å². The quantitative estimate of drug-likeness (QED) is 0.499. The molecule has 1 aliphatic heterocycles. The molecule has 0 radical (unpaired) electrons. The number of hydrogen-bond donors (Lipinski definition) is 1. The van der Waals surface area contributed by atoms with Crippen molar-refractivity contribution in [2.24, 2.45) is 5.92 Å². The van der Waals surface area contributed by atoms with Crippen LogP contribution in [0.3, 0.4) is 0 Å². The molecule has 0 bridgehead atoms. The van der Waals surface area contributed by atoms with Crippen LogP contribution in [0.2, 0.25) is 0 Å². The number of pyridine rings is 1. The highest BCUT2D eigenvalue weighted by Crippen LogP contribution is 2.43. The van der Waals surface area contributed by atoms with Crippen LogP contribution in [-0.2, 0) is 11.4 Å². The monoisotopic (exact) mass is 462 g/mol. The maximum atomic E-state index is 11.7. The molecular formula is C27H30N2O5. The van der Waals surface area contributed by atoms with Gasteiger partial charge in [0.1, 0.15) is 6.61 Å². The summed E-state index contributed by atoms with van der Waals surface area (Å²) in [6, 6.07) is 17.5. The van der Waals surface area contributed by atoms with Crippen LogP contribution in [0.4, 0.5) is 0 Å². The Morgan fingerprint density at radius 1 is 1.09 bits per heavy atom. The van der Waals surface area contributed by atoms with Crippen LogP contribution in [0.1, 0.15) is 35.6 Å². The molecular weight excluding hydrogens is 432 g/mol. The molecule has 2 atom stereocenters. The average molecular weight is 463 g/mol. The van der Waals surface area contributed by atoms with Crippen LogP contribution >= 0.6 is 0 Å². The van der Waals surface area contributed by atoms with Crippen molar-refractivity contribution in [3.63, 3.8) is 0 Å². The maximum Gasteiger partial charge on any atom is 0.307 e. The van der Waals surface area contributed by atoms with Gasteiger partial charge < -0.3 is 19.3 Å². The van der Waals surface area contributed by atoms with Crippen molar-refractivity contribution in [2.75, 3.05) is 27.3 Å². The number of rotatable bonds is 9. The van der Waals surface area contributed by atoms with Gasteiger partial charge in [0.2, 0.25) is 5.75 Å². The molecule has 0 spiro atoms. The van der Waals surface area contributed by atoms with Gasteiger partial charge in [0.05, 0.1) is 26.2 Å². The molecule has 34 heavy (non-hydrogen) atoms. The van der Waals surface area contributed by atoms with Gasteiger partial charge in [0.25, 0.3) is 0 Å². The van der Waals surface area contributed by atoms with E-state index in [0.29, 0.717) is 36.8 Å². The second-order valence-electron chi connectivity index (χ2n) is 8.39. The Balaban J connectivity index is 1.71. The zero-order chi connectivity index (χ0) is 23.9. The molecule has 1 aromatic heterocycles. The van der Waals surface area contributed by atoms with E-state index in [1.165, 1.54) is 0 Å². The van der Waals surface area contributed by atoms with Crippen molar-refractivity contribution in [1.29, 1.82) is 0 Å². The number of piperidine rings is 1. The second-order valence-corrected chi connectivity index (χ2v) is 8.39. The summed E-state index contributed by atoms with van der Waals surface area (Å²) in [6.45, 7) is 1.64. The third-order valence-corrected chi connectivity index (χ3v) is 6.19. The van der Waals surface area contributed by atoms with Gasteiger partial charge in [-0.05, 0) is 54.3 Å². The zero-order valence-electron chi connectivity index (χ0n) is 19.5. The second kappa shape index (κ2) is 11.0. The summed E-state index contributed by atoms with van der Waals surface area (Å²) in [5.41, 5.74) is 2.95. The Morgan fingerprint density at radius 2 is 1.82 bits per heavy atom. The van der Waals surface area contributed by atoms with Crippen LogP contribution in [0.5, 0.6) is 17.2 Å². The van der Waals surface area contributed by atoms with Crippen LogP contribution < -0.4 is 14.2 Å². The molecule has 7 nitrogen and oxygen atoms in total. The number of hydrogen-bond acceptors (Lipinski definition) is 6. The summed E-state index contributed by atoms with van der Waals surface area (Å²) in [7, 11) is 3.21. The van der Waals surface area contributed by atoms with Gasteiger partial charge in [-0.15, -0.1) is 0 Å². The summed E-state index contributed by atoms with van der Waals surface area (Å²) in [6.07, 6.45) is 5.07. The molecule has 1 N–H and O–H groups in total. The number of ether oxygens (including phenoxy) is 3. The summed E-state index contributed by atoms with van der Waals surface area (Å²) >= 11 is 0. The van der Waals surface area contributed by atoms with Crippen LogP contribution in [0, 0.1) is 5.92 Å². The van der Waals surface area contributed by atoms with Gasteiger partial charge in [-0.1, -0.05) is 36.4 Å². The minimum absolute atomic E-state index is 0.193. The topological polar surface area (TPSA) is 81.1 Å². The number of aromatic nitrogens is 1. The lowest BCUT2D eigenvalue weighted by Crippen LogP contribution is -2.41. The summed E-state index contributed by atoms with van der Waals surface area (Å²) < 4.78 is 17.5. The largest absolute Gasteiger partial charge is 0.493 e. The number of nitrogens with zero attached hydrogens (tertiary/aromatic N) is 2. The van der Waals surface area contributed by atoms with E-state index in [1.807, 2.05) is 60.8 Å². The fourth-order valence-electron chi connectivity index (χ4n) is 4.52. The molecule has 4 rings (SSSR count). The van der Waals surface area contributed by atoms with Crippen LogP contribution in [0.15, 0.2) is 67.0 Å². The van der Waals surface area contributed by atoms with Crippen molar-refractivity contribution >= 4 is 5.97 Å². The highest BCUT2D eigenvalue weighted by Gasteiger charge is 2.32. The van der Waals surface area contributed by atoms with Gasteiger partial charge in [0, 0.05) is 18.9 Å². The first-order valence-electron chi connectivity index (χ1n) is 11.4. The van der Waals surface area contributed by atoms with Gasteiger partial charge in [0.15, 0.2) is 11.5 Å². The Kier molecular flexibility index (Phi) is 7.65. The SMILES string of the molecule is COc1cc(C(c2cccnc2)N2CCCC(C(=O)O)C2)cc(OC)c1OCc1ccccc1. The lowest BCUT2D eigenvalue weighted by molar-refractivity contribution is -0.143. The first-order valence-corrected chi connectivity index (χ1v) is 11.4. The molecule has 2 aromatic carbocycles. The van der Waals surface area contributed by atoms with E-state index in [9.17, 15) is 9.90 Å². The standard InChI is InChI=1S/C27H30N2O5/c1-32-23-14-22(15-24(33-2)26(23)34-18-19-8-4-3-5-9-19)25(20-10-6-12-28-16-20)29-13-7-11-21(17-29)27(30)31/h3-6,8-10,12,14-16,21,25H,7,11,13,17-18H2,1-2H3,(H,30,31). The van der Waals surface area contributed by atoms with Crippen molar-refractivity contribution in [3.05, 3.63) is 83.7 Å². The van der Waals surface area contributed by atoms with E-state index in [0.717, 1.165) is 29.7 Å². The van der Waals surface area contributed by atoms with E-state index in [1.54, 1.807) is 20.4 Å². The van der Waals surface area contributed by atoms with E-state index in [2.05, 4.69) is 9.88 Å². The molecule has 2 unspecified atom stereocenters. The first-order chi connectivity index (χ1) is 16.6. The van der Waals surface area contributed by atoms with Gasteiger partial charge in [-0.25, -0.2) is 0 Å². The van der Waals surface area contributed by atoms with Crippen molar-refractivity contribution in [2.45, 2.75) is 25.5 Å². The molecule has 7 heteroatoms. The predicted octanol–water partition coefficient (Wildman–Crippen LogP) is 4.56. The highest BCUT2D eigenvalue weighted by atomic mass is 16.5. The lowest BCUT2D eigenvalue weighted by atomic mass is 9.91. The number of carbonyl (C=O) groups is 1. The van der Waals surface area contributed by atoms with E-state index in [4.69, 9.17) is 14.2 Å². The van der Waals surface area contributed by atoms with Gasteiger partial charge in [-0.3, -0.25) is 14.7 Å². The molecule has 1 aliphatic rings. The number of carboxylic acids is 1. The average Bonchev–Trinajstić information content (AvgIpc) is 2.89. The molecule has 2 heterocycles. The maximum absolute atomic E-state index is 11.7. The molecule has 178 valence electrons. The molecule has 1 fully saturated rings. The smallest absolute Gasteiger partial charge is 0.307 e. The first kappa shape index (κ1) is 23.6. The Bertz CT molecular complexity index is 1070. The van der Waals surface area contributed by atoms with Crippen molar-refractivity contribution < 1.29 is 24.1 Å². The Labute approximate surface area is 199 Å². The van der Waals surface area contributed by atoms with Crippen LogP contribution in [0.25, 0.3) is 0 Å². The predicted molar refractivity (Wildman–Crippen MR) is 128 cm³/mol. The van der Waals surface area contributed by atoms with Gasteiger partial charge >= 0.3 is 5.97 Å². The summed E-state index contributed by atoms with van der Waals surface area (Å²) in [5.74, 6) is 0.501. The number of likely N-dealkylation sites (tertiary alicyclic amines) is 1. The third kappa shape index (κ3) is 5.31. The Hall–Kier alpha value is -3.58. The molecule has 3 aromatic rings. The molecule has 0 saturated carbocycles. The summed E-state index contributed by atoms with van der Waals surface area (Å²) in [4.78, 5) is 18.3. The van der Waals surface area contributed by atoms with E-state index < -0.39 is 11.9 Å². The molecule has 0 amide bonds. The van der Waals surface area contributed by atoms with Crippen molar-refractivity contribution in [1.82, 2.24) is 9.88 Å². The number of aliphatic carboxylic acids is 1. The fraction of sp³-hybridized carbons (Fsp3) is 0.333. The fourth-order valence-corrected chi connectivity index (χ4v) is 4.52. The van der Waals surface area contributed by atoms with Crippen LogP contribution in [-0.4, -0.2) is 48.3 Å². The number of benzene rings is 2. The van der Waals surface area contributed by atoms with E-state index in [-0.39, 0.29) is 6.04 Å².